The molecule has 1 rings (SSSR count). The number of nitrogen functional groups attached to an aromatic ring is 1. The molecule has 0 aliphatic rings. The summed E-state index contributed by atoms with van der Waals surface area (Å²) in [4.78, 5) is 12.4. The molecule has 3 nitrogen and oxygen atoms in total. The molecule has 0 heterocycles. The van der Waals surface area contributed by atoms with Crippen molar-refractivity contribution >= 4 is 23.4 Å². The molecule has 1 atom stereocenters. The number of unbranched alkanes of at least 4 members (excludes halogenated alkanes) is 1. The Bertz CT molecular complexity index is 412. The van der Waals surface area contributed by atoms with Gasteiger partial charge in [0.05, 0.1) is 7.11 Å². The maximum absolute atomic E-state index is 12.9. The molecule has 18 heavy (non-hydrogen) atoms. The second-order valence-electron chi connectivity index (χ2n) is 3.95. The van der Waals surface area contributed by atoms with Crippen LogP contribution in [0.5, 0.6) is 0 Å². The van der Waals surface area contributed by atoms with Gasteiger partial charge in [0, 0.05) is 10.6 Å². The summed E-state index contributed by atoms with van der Waals surface area (Å²) in [5.74, 6) is -0.641. The number of carbonyl (C=O) groups excluding carboxylic acids is 1. The van der Waals surface area contributed by atoms with Crippen LogP contribution < -0.4 is 5.73 Å². The zero-order valence-electron chi connectivity index (χ0n) is 10.6. The third-order valence-electron chi connectivity index (χ3n) is 2.53. The average molecular weight is 271 g/mol. The van der Waals surface area contributed by atoms with Gasteiger partial charge in [0.1, 0.15) is 11.1 Å². The number of methoxy groups -OCH3 is 1. The van der Waals surface area contributed by atoms with Crippen molar-refractivity contribution in [2.75, 3.05) is 12.8 Å². The van der Waals surface area contributed by atoms with E-state index < -0.39 is 0 Å². The highest BCUT2D eigenvalue weighted by molar-refractivity contribution is 8.00. The van der Waals surface area contributed by atoms with Crippen molar-refractivity contribution in [1.29, 1.82) is 0 Å². The molecule has 0 aromatic heterocycles. The molecular weight excluding hydrogens is 253 g/mol. The van der Waals surface area contributed by atoms with Crippen molar-refractivity contribution in [3.8, 4) is 0 Å². The number of nitrogens with two attached hydrogens (primary N) is 1. The zero-order valence-corrected chi connectivity index (χ0v) is 11.4. The molecule has 1 unspecified atom stereocenters. The number of ether oxygens (including phenoxy) is 1. The van der Waals surface area contributed by atoms with Crippen LogP contribution in [0, 0.1) is 5.82 Å². The molecule has 5 heteroatoms. The topological polar surface area (TPSA) is 52.3 Å². The summed E-state index contributed by atoms with van der Waals surface area (Å²) < 4.78 is 17.7. The van der Waals surface area contributed by atoms with Gasteiger partial charge in [-0.05, 0) is 24.6 Å². The summed E-state index contributed by atoms with van der Waals surface area (Å²) in [6, 6.07) is 4.20. The van der Waals surface area contributed by atoms with E-state index in [2.05, 4.69) is 6.92 Å². The highest BCUT2D eigenvalue weighted by Crippen LogP contribution is 2.32. The van der Waals surface area contributed by atoms with Crippen LogP contribution in [-0.2, 0) is 9.53 Å². The van der Waals surface area contributed by atoms with Crippen LogP contribution >= 0.6 is 11.8 Å². The summed E-state index contributed by atoms with van der Waals surface area (Å²) in [6.45, 7) is 2.06. The van der Waals surface area contributed by atoms with E-state index in [0.717, 1.165) is 19.3 Å². The maximum Gasteiger partial charge on any atom is 0.319 e. The third kappa shape index (κ3) is 4.22. The van der Waals surface area contributed by atoms with E-state index in [4.69, 9.17) is 10.5 Å². The molecule has 0 bridgehead atoms. The first kappa shape index (κ1) is 14.8. The Morgan fingerprint density at radius 1 is 1.56 bits per heavy atom. The Morgan fingerprint density at radius 2 is 2.28 bits per heavy atom. The van der Waals surface area contributed by atoms with E-state index in [1.807, 2.05) is 0 Å². The van der Waals surface area contributed by atoms with Gasteiger partial charge in [0.2, 0.25) is 0 Å². The lowest BCUT2D eigenvalue weighted by Crippen LogP contribution is -2.18. The fraction of sp³-hybridized carbons (Fsp3) is 0.462. The van der Waals surface area contributed by atoms with Crippen molar-refractivity contribution < 1.29 is 13.9 Å². The summed E-state index contributed by atoms with van der Waals surface area (Å²) in [6.07, 6.45) is 2.67. The Hall–Kier alpha value is -1.23. The van der Waals surface area contributed by atoms with E-state index >= 15 is 0 Å². The average Bonchev–Trinajstić information content (AvgIpc) is 2.36. The van der Waals surface area contributed by atoms with Gasteiger partial charge in [-0.3, -0.25) is 4.79 Å². The molecule has 0 fully saturated rings. The SMILES string of the molecule is CCCCC(Sc1ccc(F)cc1N)C(=O)OC. The summed E-state index contributed by atoms with van der Waals surface area (Å²) in [5, 5.41) is -0.289. The van der Waals surface area contributed by atoms with Crippen molar-refractivity contribution in [3.63, 3.8) is 0 Å². The van der Waals surface area contributed by atoms with E-state index in [1.165, 1.54) is 31.0 Å². The lowest BCUT2D eigenvalue weighted by molar-refractivity contribution is -0.140. The molecule has 100 valence electrons. The van der Waals surface area contributed by atoms with Crippen molar-refractivity contribution in [1.82, 2.24) is 0 Å². The number of thioether (sulfide) groups is 1. The van der Waals surface area contributed by atoms with Gasteiger partial charge in [-0.2, -0.15) is 0 Å². The van der Waals surface area contributed by atoms with Crippen molar-refractivity contribution in [3.05, 3.63) is 24.0 Å². The third-order valence-corrected chi connectivity index (χ3v) is 3.86. The van der Waals surface area contributed by atoms with E-state index in [-0.39, 0.29) is 17.0 Å². The molecule has 0 saturated carbocycles. The summed E-state index contributed by atoms with van der Waals surface area (Å²) >= 11 is 1.33. The quantitative estimate of drug-likeness (QED) is 0.490. The molecule has 2 N–H and O–H groups in total. The minimum Gasteiger partial charge on any atom is -0.468 e. The first-order valence-electron chi connectivity index (χ1n) is 5.88. The predicted octanol–water partition coefficient (Wildman–Crippen LogP) is 3.23. The first-order valence-corrected chi connectivity index (χ1v) is 6.76. The van der Waals surface area contributed by atoms with E-state index in [0.29, 0.717) is 10.6 Å². The molecule has 1 aromatic rings. The lowest BCUT2D eigenvalue weighted by Gasteiger charge is -2.15. The van der Waals surface area contributed by atoms with Gasteiger partial charge in [-0.25, -0.2) is 4.39 Å². The summed E-state index contributed by atoms with van der Waals surface area (Å²) in [5.41, 5.74) is 6.08. The molecule has 0 aliphatic heterocycles. The van der Waals surface area contributed by atoms with Crippen LogP contribution in [0.15, 0.2) is 23.1 Å². The molecule has 1 aromatic carbocycles. The minimum atomic E-state index is -0.375. The van der Waals surface area contributed by atoms with Crippen LogP contribution in [0.2, 0.25) is 0 Å². The number of halogens is 1. The fourth-order valence-electron chi connectivity index (χ4n) is 1.53. The Balaban J connectivity index is 2.78. The monoisotopic (exact) mass is 271 g/mol. The van der Waals surface area contributed by atoms with Gasteiger partial charge < -0.3 is 10.5 Å². The van der Waals surface area contributed by atoms with Gasteiger partial charge in [0.25, 0.3) is 0 Å². The molecule has 0 saturated heterocycles. The van der Waals surface area contributed by atoms with Crippen LogP contribution in [0.25, 0.3) is 0 Å². The smallest absolute Gasteiger partial charge is 0.319 e. The highest BCUT2D eigenvalue weighted by Gasteiger charge is 2.21. The Labute approximate surface area is 111 Å². The number of rotatable bonds is 6. The maximum atomic E-state index is 12.9. The Kier molecular flexibility index (Phi) is 5.98. The number of hydrogen-bond acceptors (Lipinski definition) is 4. The minimum absolute atomic E-state index is 0.267. The van der Waals surface area contributed by atoms with E-state index in [9.17, 15) is 9.18 Å². The van der Waals surface area contributed by atoms with Crippen LogP contribution in [0.4, 0.5) is 10.1 Å². The molecule has 0 radical (unpaired) electrons. The van der Waals surface area contributed by atoms with Gasteiger partial charge in [-0.1, -0.05) is 19.8 Å². The van der Waals surface area contributed by atoms with Gasteiger partial charge in [-0.15, -0.1) is 11.8 Å². The number of anilines is 1. The predicted molar refractivity (Wildman–Crippen MR) is 72.0 cm³/mol. The highest BCUT2D eigenvalue weighted by atomic mass is 32.2. The van der Waals surface area contributed by atoms with Gasteiger partial charge in [0.15, 0.2) is 0 Å². The normalized spacial score (nSPS) is 12.2. The molecule has 0 spiro atoms. The number of benzene rings is 1. The van der Waals surface area contributed by atoms with Crippen LogP contribution in [0.1, 0.15) is 26.2 Å². The van der Waals surface area contributed by atoms with E-state index in [1.54, 1.807) is 6.07 Å². The zero-order chi connectivity index (χ0) is 13.5. The second kappa shape index (κ2) is 7.26. The number of carbonyl (C=O) groups is 1. The Morgan fingerprint density at radius 3 is 2.83 bits per heavy atom. The van der Waals surface area contributed by atoms with Crippen LogP contribution in [0.3, 0.4) is 0 Å². The summed E-state index contributed by atoms with van der Waals surface area (Å²) in [7, 11) is 1.37. The van der Waals surface area contributed by atoms with Crippen LogP contribution in [-0.4, -0.2) is 18.3 Å². The molecule has 0 aliphatic carbocycles. The lowest BCUT2D eigenvalue weighted by atomic mass is 10.2. The van der Waals surface area contributed by atoms with Gasteiger partial charge >= 0.3 is 5.97 Å². The second-order valence-corrected chi connectivity index (χ2v) is 5.20. The fourth-order valence-corrected chi connectivity index (χ4v) is 2.65. The largest absolute Gasteiger partial charge is 0.468 e. The van der Waals surface area contributed by atoms with Crippen molar-refractivity contribution in [2.45, 2.75) is 36.3 Å². The molecular formula is C13H18FNO2S. The first-order chi connectivity index (χ1) is 8.58. The van der Waals surface area contributed by atoms with Crippen molar-refractivity contribution in [2.24, 2.45) is 0 Å². The standard InChI is InChI=1S/C13H18FNO2S/c1-3-4-5-12(13(16)17-2)18-11-7-6-9(14)8-10(11)15/h6-8,12H,3-5,15H2,1-2H3. The number of hydrogen-bond donors (Lipinski definition) is 1. The molecule has 0 amide bonds. The number of esters is 1.